The molecule has 0 atom stereocenters. The summed E-state index contributed by atoms with van der Waals surface area (Å²) in [4.78, 5) is 0. The van der Waals surface area contributed by atoms with E-state index in [0.29, 0.717) is 24.3 Å². The van der Waals surface area contributed by atoms with Gasteiger partial charge in [0.25, 0.3) is 0 Å². The van der Waals surface area contributed by atoms with E-state index < -0.39 is 0 Å². The number of hydrogen-bond donors (Lipinski definition) is 1. The Balaban J connectivity index is 1.97. The lowest BCUT2D eigenvalue weighted by Gasteiger charge is -2.25. The Labute approximate surface area is 126 Å². The smallest absolute Gasteiger partial charge is 0.170 e. The molecule has 1 heterocycles. The second kappa shape index (κ2) is 7.31. The molecule has 0 aliphatic heterocycles. The number of para-hydroxylation sites is 1. The van der Waals surface area contributed by atoms with Crippen LogP contribution in [0.2, 0.25) is 0 Å². The Morgan fingerprint density at radius 1 is 1.05 bits per heavy atom. The summed E-state index contributed by atoms with van der Waals surface area (Å²) in [7, 11) is 0. The SMILES string of the molecule is CC(C)C(CNCc1nnnn1-c1ccccc1)C(C)C. The molecule has 0 aliphatic carbocycles. The van der Waals surface area contributed by atoms with Crippen molar-refractivity contribution in [3.8, 4) is 5.69 Å². The Hall–Kier alpha value is -1.75. The van der Waals surface area contributed by atoms with Crippen LogP contribution >= 0.6 is 0 Å². The van der Waals surface area contributed by atoms with Gasteiger partial charge in [0, 0.05) is 0 Å². The summed E-state index contributed by atoms with van der Waals surface area (Å²) in [6.07, 6.45) is 0. The fourth-order valence-corrected chi connectivity index (χ4v) is 2.68. The molecule has 2 aromatic rings. The lowest BCUT2D eigenvalue weighted by atomic mass is 9.85. The fraction of sp³-hybridized carbons (Fsp3) is 0.562. The van der Waals surface area contributed by atoms with E-state index in [-0.39, 0.29) is 0 Å². The Morgan fingerprint density at radius 2 is 1.71 bits per heavy atom. The maximum atomic E-state index is 4.12. The van der Waals surface area contributed by atoms with Crippen LogP contribution in [0.15, 0.2) is 30.3 Å². The van der Waals surface area contributed by atoms with Gasteiger partial charge in [-0.15, -0.1) is 5.10 Å². The van der Waals surface area contributed by atoms with Crippen molar-refractivity contribution in [1.82, 2.24) is 25.5 Å². The van der Waals surface area contributed by atoms with Gasteiger partial charge < -0.3 is 5.32 Å². The minimum atomic E-state index is 0.658. The molecule has 0 saturated carbocycles. The zero-order valence-electron chi connectivity index (χ0n) is 13.3. The van der Waals surface area contributed by atoms with Crippen molar-refractivity contribution < 1.29 is 0 Å². The molecule has 1 N–H and O–H groups in total. The van der Waals surface area contributed by atoms with E-state index in [1.165, 1.54) is 0 Å². The molecule has 0 amide bonds. The summed E-state index contributed by atoms with van der Waals surface area (Å²) in [6.45, 7) is 10.8. The molecule has 21 heavy (non-hydrogen) atoms. The van der Waals surface area contributed by atoms with Gasteiger partial charge >= 0.3 is 0 Å². The summed E-state index contributed by atoms with van der Waals surface area (Å²) >= 11 is 0. The summed E-state index contributed by atoms with van der Waals surface area (Å²) in [5.41, 5.74) is 0.989. The van der Waals surface area contributed by atoms with E-state index in [2.05, 4.69) is 48.5 Å². The Bertz CT molecular complexity index is 525. The molecular formula is C16H25N5. The Kier molecular flexibility index (Phi) is 5.44. The first kappa shape index (κ1) is 15.6. The number of aromatic nitrogens is 4. The third-order valence-corrected chi connectivity index (χ3v) is 3.91. The molecule has 5 nitrogen and oxygen atoms in total. The molecule has 0 unspecified atom stereocenters. The van der Waals surface area contributed by atoms with Crippen molar-refractivity contribution >= 4 is 0 Å². The molecule has 114 valence electrons. The highest BCUT2D eigenvalue weighted by Gasteiger charge is 2.17. The van der Waals surface area contributed by atoms with E-state index in [0.717, 1.165) is 18.1 Å². The number of tetrazole rings is 1. The average molecular weight is 287 g/mol. The number of benzene rings is 1. The zero-order valence-corrected chi connectivity index (χ0v) is 13.3. The first-order chi connectivity index (χ1) is 10.1. The lowest BCUT2D eigenvalue weighted by molar-refractivity contribution is 0.274. The molecule has 2 rings (SSSR count). The molecule has 5 heteroatoms. The van der Waals surface area contributed by atoms with Crippen LogP contribution in [0.25, 0.3) is 5.69 Å². The lowest BCUT2D eigenvalue weighted by Crippen LogP contribution is -2.30. The number of nitrogens with zero attached hydrogens (tertiary/aromatic N) is 4. The first-order valence-electron chi connectivity index (χ1n) is 7.63. The molecule has 0 aliphatic rings. The second-order valence-electron chi connectivity index (χ2n) is 6.13. The number of nitrogens with one attached hydrogen (secondary N) is 1. The molecule has 1 aromatic carbocycles. The average Bonchev–Trinajstić information content (AvgIpc) is 2.92. The second-order valence-corrected chi connectivity index (χ2v) is 6.13. The van der Waals surface area contributed by atoms with Gasteiger partial charge in [-0.1, -0.05) is 45.9 Å². The van der Waals surface area contributed by atoms with Crippen molar-refractivity contribution in [2.75, 3.05) is 6.54 Å². The van der Waals surface area contributed by atoms with E-state index >= 15 is 0 Å². The van der Waals surface area contributed by atoms with Crippen molar-refractivity contribution in [2.24, 2.45) is 17.8 Å². The molecule has 0 fully saturated rings. The highest BCUT2D eigenvalue weighted by molar-refractivity contribution is 5.30. The van der Waals surface area contributed by atoms with Crippen LogP contribution in [0.5, 0.6) is 0 Å². The van der Waals surface area contributed by atoms with Gasteiger partial charge in [-0.25, -0.2) is 0 Å². The van der Waals surface area contributed by atoms with Crippen molar-refractivity contribution in [3.05, 3.63) is 36.2 Å². The van der Waals surface area contributed by atoms with Crippen LogP contribution in [0.4, 0.5) is 0 Å². The van der Waals surface area contributed by atoms with Crippen molar-refractivity contribution in [2.45, 2.75) is 34.2 Å². The fourth-order valence-electron chi connectivity index (χ4n) is 2.68. The third-order valence-electron chi connectivity index (χ3n) is 3.91. The van der Waals surface area contributed by atoms with Gasteiger partial charge in [0.1, 0.15) is 0 Å². The topological polar surface area (TPSA) is 55.6 Å². The van der Waals surface area contributed by atoms with Crippen LogP contribution in [0, 0.1) is 17.8 Å². The monoisotopic (exact) mass is 287 g/mol. The van der Waals surface area contributed by atoms with E-state index in [1.807, 2.05) is 30.3 Å². The van der Waals surface area contributed by atoms with Crippen molar-refractivity contribution in [1.29, 1.82) is 0 Å². The largest absolute Gasteiger partial charge is 0.309 e. The highest BCUT2D eigenvalue weighted by atomic mass is 15.5. The predicted octanol–water partition coefficient (Wildman–Crippen LogP) is 2.68. The van der Waals surface area contributed by atoms with Crippen LogP contribution in [0.3, 0.4) is 0 Å². The van der Waals surface area contributed by atoms with Crippen LogP contribution in [-0.2, 0) is 6.54 Å². The summed E-state index contributed by atoms with van der Waals surface area (Å²) in [6, 6.07) is 9.97. The summed E-state index contributed by atoms with van der Waals surface area (Å²) < 4.78 is 1.78. The van der Waals surface area contributed by atoms with E-state index in [9.17, 15) is 0 Å². The maximum Gasteiger partial charge on any atom is 0.170 e. The van der Waals surface area contributed by atoms with Gasteiger partial charge in [-0.2, -0.15) is 4.68 Å². The molecule has 0 bridgehead atoms. The normalized spacial score (nSPS) is 11.8. The summed E-state index contributed by atoms with van der Waals surface area (Å²) in [5.74, 6) is 2.84. The molecule has 0 spiro atoms. The Morgan fingerprint density at radius 3 is 2.33 bits per heavy atom. The van der Waals surface area contributed by atoms with E-state index in [1.54, 1.807) is 4.68 Å². The van der Waals surface area contributed by atoms with Gasteiger partial charge in [-0.05, 0) is 46.9 Å². The molecule has 0 saturated heterocycles. The number of hydrogen-bond acceptors (Lipinski definition) is 4. The molecule has 1 aromatic heterocycles. The molecular weight excluding hydrogens is 262 g/mol. The minimum Gasteiger partial charge on any atom is -0.309 e. The van der Waals surface area contributed by atoms with Crippen LogP contribution in [0.1, 0.15) is 33.5 Å². The first-order valence-corrected chi connectivity index (χ1v) is 7.63. The van der Waals surface area contributed by atoms with E-state index in [4.69, 9.17) is 0 Å². The van der Waals surface area contributed by atoms with Gasteiger partial charge in [0.15, 0.2) is 5.82 Å². The van der Waals surface area contributed by atoms with Gasteiger partial charge in [0.05, 0.1) is 12.2 Å². The minimum absolute atomic E-state index is 0.658. The zero-order chi connectivity index (χ0) is 15.2. The van der Waals surface area contributed by atoms with Gasteiger partial charge in [-0.3, -0.25) is 0 Å². The van der Waals surface area contributed by atoms with Crippen LogP contribution < -0.4 is 5.32 Å². The van der Waals surface area contributed by atoms with Crippen molar-refractivity contribution in [3.63, 3.8) is 0 Å². The summed E-state index contributed by atoms with van der Waals surface area (Å²) in [5, 5.41) is 15.5. The van der Waals surface area contributed by atoms with Crippen LogP contribution in [-0.4, -0.2) is 26.8 Å². The third kappa shape index (κ3) is 4.11. The quantitative estimate of drug-likeness (QED) is 0.850. The predicted molar refractivity (Wildman–Crippen MR) is 84.0 cm³/mol. The number of rotatable bonds is 7. The maximum absolute atomic E-state index is 4.12. The van der Waals surface area contributed by atoms with Gasteiger partial charge in [0.2, 0.25) is 0 Å². The standard InChI is InChI=1S/C16H25N5/c1-12(2)15(13(3)4)10-17-11-16-18-19-20-21(16)14-8-6-5-7-9-14/h5-9,12-13,15,17H,10-11H2,1-4H3. The molecule has 0 radical (unpaired) electrons. The highest BCUT2D eigenvalue weighted by Crippen LogP contribution is 2.19.